The van der Waals surface area contributed by atoms with Gasteiger partial charge in [0.25, 0.3) is 0 Å². The number of thioether (sulfide) groups is 1. The molecule has 0 spiro atoms. The van der Waals surface area contributed by atoms with Gasteiger partial charge in [0.05, 0.1) is 0 Å². The van der Waals surface area contributed by atoms with Crippen LogP contribution in [0.25, 0.3) is 0 Å². The Hall–Kier alpha value is -2.60. The molecule has 0 radical (unpaired) electrons. The van der Waals surface area contributed by atoms with Crippen molar-refractivity contribution in [2.45, 2.75) is 17.0 Å². The van der Waals surface area contributed by atoms with Crippen LogP contribution in [0, 0.1) is 0 Å². The Morgan fingerprint density at radius 1 is 1.12 bits per heavy atom. The summed E-state index contributed by atoms with van der Waals surface area (Å²) in [7, 11) is 1.87. The minimum atomic E-state index is -0.377. The first kappa shape index (κ1) is 16.3. The van der Waals surface area contributed by atoms with Crippen LogP contribution in [0.15, 0.2) is 72.1 Å². The van der Waals surface area contributed by atoms with E-state index in [4.69, 9.17) is 0 Å². The molecule has 1 heterocycles. The number of nitrogens with one attached hydrogen (secondary N) is 1. The van der Waals surface area contributed by atoms with E-state index < -0.39 is 0 Å². The molecule has 3 rings (SSSR count). The van der Waals surface area contributed by atoms with Gasteiger partial charge in [0.2, 0.25) is 5.91 Å². The van der Waals surface area contributed by atoms with Gasteiger partial charge in [-0.2, -0.15) is 0 Å². The molecule has 0 aliphatic carbocycles. The van der Waals surface area contributed by atoms with Crippen molar-refractivity contribution in [1.29, 1.82) is 0 Å². The highest BCUT2D eigenvalue weighted by Gasteiger charge is 2.23. The summed E-state index contributed by atoms with van der Waals surface area (Å²) in [5.74, 6) is -0.0435. The van der Waals surface area contributed by atoms with E-state index in [2.05, 4.69) is 15.5 Å². The molecule has 5 nitrogen and oxygen atoms in total. The maximum Gasteiger partial charge on any atom is 0.238 e. The predicted octanol–water partition coefficient (Wildman–Crippen LogP) is 2.96. The predicted molar refractivity (Wildman–Crippen MR) is 94.3 cm³/mol. The largest absolute Gasteiger partial charge is 0.351 e. The van der Waals surface area contributed by atoms with Crippen molar-refractivity contribution in [3.8, 4) is 0 Å². The molecular formula is C18H18N4OS. The molecule has 24 heavy (non-hydrogen) atoms. The van der Waals surface area contributed by atoms with Gasteiger partial charge in [0.1, 0.15) is 11.6 Å². The standard InChI is InChI=1S/C18H18N4OS/c1-22-13-20-21-18(22)24-16(15-10-6-3-7-11-15)17(23)19-12-14-8-4-2-5-9-14/h2-11,13,16H,12H2,1H3,(H,19,23)/t16-/m1/s1. The summed E-state index contributed by atoms with van der Waals surface area (Å²) < 4.78 is 1.81. The topological polar surface area (TPSA) is 59.8 Å². The molecule has 2 aromatic carbocycles. The fraction of sp³-hybridized carbons (Fsp3) is 0.167. The molecule has 122 valence electrons. The number of rotatable bonds is 6. The van der Waals surface area contributed by atoms with Crippen LogP contribution >= 0.6 is 11.8 Å². The lowest BCUT2D eigenvalue weighted by Crippen LogP contribution is -2.27. The van der Waals surface area contributed by atoms with E-state index in [-0.39, 0.29) is 11.2 Å². The lowest BCUT2D eigenvalue weighted by Gasteiger charge is -2.16. The first-order valence-corrected chi connectivity index (χ1v) is 8.49. The van der Waals surface area contributed by atoms with Crippen LogP contribution in [0.5, 0.6) is 0 Å². The van der Waals surface area contributed by atoms with Gasteiger partial charge in [-0.1, -0.05) is 72.4 Å². The van der Waals surface area contributed by atoms with Crippen LogP contribution in [-0.2, 0) is 18.4 Å². The second kappa shape index (κ2) is 7.79. The van der Waals surface area contributed by atoms with E-state index in [9.17, 15) is 4.79 Å². The first-order chi connectivity index (χ1) is 11.7. The van der Waals surface area contributed by atoms with Crippen LogP contribution < -0.4 is 5.32 Å². The zero-order valence-corrected chi connectivity index (χ0v) is 14.1. The highest BCUT2D eigenvalue weighted by atomic mass is 32.2. The van der Waals surface area contributed by atoms with Crippen molar-refractivity contribution in [3.63, 3.8) is 0 Å². The summed E-state index contributed by atoms with van der Waals surface area (Å²) >= 11 is 1.40. The Balaban J connectivity index is 1.76. The third-order valence-corrected chi connectivity index (χ3v) is 4.85. The zero-order chi connectivity index (χ0) is 16.8. The van der Waals surface area contributed by atoms with Gasteiger partial charge in [-0.25, -0.2) is 0 Å². The molecule has 0 saturated heterocycles. The van der Waals surface area contributed by atoms with Gasteiger partial charge in [-0.3, -0.25) is 4.79 Å². The maximum atomic E-state index is 12.8. The van der Waals surface area contributed by atoms with Gasteiger partial charge in [0, 0.05) is 13.6 Å². The number of hydrogen-bond donors (Lipinski definition) is 1. The zero-order valence-electron chi connectivity index (χ0n) is 13.3. The average Bonchev–Trinajstić information content (AvgIpc) is 3.04. The van der Waals surface area contributed by atoms with E-state index >= 15 is 0 Å². The average molecular weight is 338 g/mol. The molecule has 0 aliphatic rings. The van der Waals surface area contributed by atoms with Crippen LogP contribution in [0.3, 0.4) is 0 Å². The Morgan fingerprint density at radius 3 is 2.42 bits per heavy atom. The van der Waals surface area contributed by atoms with Gasteiger partial charge in [-0.15, -0.1) is 10.2 Å². The van der Waals surface area contributed by atoms with E-state index in [1.165, 1.54) is 11.8 Å². The Bertz CT molecular complexity index is 789. The highest BCUT2D eigenvalue weighted by Crippen LogP contribution is 2.33. The van der Waals surface area contributed by atoms with Crippen molar-refractivity contribution < 1.29 is 4.79 Å². The van der Waals surface area contributed by atoms with Crippen LogP contribution in [0.2, 0.25) is 0 Å². The van der Waals surface area contributed by atoms with Crippen LogP contribution in [0.4, 0.5) is 0 Å². The number of amides is 1. The van der Waals surface area contributed by atoms with Crippen molar-refractivity contribution in [2.24, 2.45) is 7.05 Å². The Kier molecular flexibility index (Phi) is 5.28. The molecule has 1 aromatic heterocycles. The van der Waals surface area contributed by atoms with Crippen LogP contribution in [0.1, 0.15) is 16.4 Å². The highest BCUT2D eigenvalue weighted by molar-refractivity contribution is 8.00. The number of hydrogen-bond acceptors (Lipinski definition) is 4. The minimum Gasteiger partial charge on any atom is -0.351 e. The molecule has 1 amide bonds. The summed E-state index contributed by atoms with van der Waals surface area (Å²) in [5, 5.41) is 11.3. The quantitative estimate of drug-likeness (QED) is 0.702. The number of carbonyl (C=O) groups is 1. The number of nitrogens with zero attached hydrogens (tertiary/aromatic N) is 3. The third kappa shape index (κ3) is 4.02. The van der Waals surface area contributed by atoms with Gasteiger partial charge >= 0.3 is 0 Å². The second-order valence-corrected chi connectivity index (χ2v) is 6.41. The van der Waals surface area contributed by atoms with Crippen molar-refractivity contribution in [2.75, 3.05) is 0 Å². The monoisotopic (exact) mass is 338 g/mol. The summed E-state index contributed by atoms with van der Waals surface area (Å²) in [6.45, 7) is 0.502. The smallest absolute Gasteiger partial charge is 0.238 e. The van der Waals surface area contributed by atoms with E-state index in [1.54, 1.807) is 6.33 Å². The molecule has 0 unspecified atom stereocenters. The fourth-order valence-electron chi connectivity index (χ4n) is 2.26. The maximum absolute atomic E-state index is 12.8. The third-order valence-electron chi connectivity index (χ3n) is 3.54. The van der Waals surface area contributed by atoms with Gasteiger partial charge in [0.15, 0.2) is 5.16 Å². The molecule has 3 aromatic rings. The summed E-state index contributed by atoms with van der Waals surface area (Å²) in [5.41, 5.74) is 2.01. The Labute approximate surface area is 145 Å². The normalized spacial score (nSPS) is 11.9. The SMILES string of the molecule is Cn1cnnc1S[C@@H](C(=O)NCc1ccccc1)c1ccccc1. The number of aromatic nitrogens is 3. The first-order valence-electron chi connectivity index (χ1n) is 7.61. The second-order valence-electron chi connectivity index (χ2n) is 5.34. The molecule has 0 aliphatic heterocycles. The molecule has 0 bridgehead atoms. The number of benzene rings is 2. The van der Waals surface area contributed by atoms with Gasteiger partial charge < -0.3 is 9.88 Å². The van der Waals surface area contributed by atoms with Crippen molar-refractivity contribution in [1.82, 2.24) is 20.1 Å². The lowest BCUT2D eigenvalue weighted by molar-refractivity contribution is -0.120. The van der Waals surface area contributed by atoms with Gasteiger partial charge in [-0.05, 0) is 11.1 Å². The summed E-state index contributed by atoms with van der Waals surface area (Å²) in [6.07, 6.45) is 1.63. The fourth-order valence-corrected chi connectivity index (χ4v) is 3.27. The molecule has 6 heteroatoms. The lowest BCUT2D eigenvalue weighted by atomic mass is 10.1. The van der Waals surface area contributed by atoms with Crippen molar-refractivity contribution in [3.05, 3.63) is 78.1 Å². The molecule has 1 N–H and O–H groups in total. The molecule has 1 atom stereocenters. The molecule has 0 fully saturated rings. The van der Waals surface area contributed by atoms with E-state index in [0.717, 1.165) is 11.1 Å². The number of aryl methyl sites for hydroxylation is 1. The molecular weight excluding hydrogens is 320 g/mol. The summed E-state index contributed by atoms with van der Waals surface area (Å²) in [6, 6.07) is 19.6. The van der Waals surface area contributed by atoms with E-state index in [0.29, 0.717) is 11.7 Å². The van der Waals surface area contributed by atoms with Crippen LogP contribution in [-0.4, -0.2) is 20.7 Å². The van der Waals surface area contributed by atoms with Crippen molar-refractivity contribution >= 4 is 17.7 Å². The van der Waals surface area contributed by atoms with E-state index in [1.807, 2.05) is 72.3 Å². The Morgan fingerprint density at radius 2 is 1.79 bits per heavy atom. The minimum absolute atomic E-state index is 0.0435. The molecule has 0 saturated carbocycles. The summed E-state index contributed by atoms with van der Waals surface area (Å²) in [4.78, 5) is 12.8. The number of carbonyl (C=O) groups excluding carboxylic acids is 1.